The highest BCUT2D eigenvalue weighted by Gasteiger charge is 2.26. The van der Waals surface area contributed by atoms with Gasteiger partial charge in [-0.05, 0) is 38.1 Å². The van der Waals surface area contributed by atoms with Gasteiger partial charge in [-0.3, -0.25) is 0 Å². The molecule has 0 spiro atoms. The van der Waals surface area contributed by atoms with E-state index in [1.54, 1.807) is 0 Å². The Labute approximate surface area is 105 Å². The summed E-state index contributed by atoms with van der Waals surface area (Å²) < 4.78 is 46.9. The first-order chi connectivity index (χ1) is 8.34. The molecule has 0 fully saturated rings. The summed E-state index contributed by atoms with van der Waals surface area (Å²) >= 11 is 0. The molecule has 0 amide bonds. The van der Waals surface area contributed by atoms with E-state index < -0.39 is 15.6 Å². The average Bonchev–Trinajstić information content (AvgIpc) is 2.29. The van der Waals surface area contributed by atoms with E-state index in [1.807, 2.05) is 19.9 Å². The molecule has 0 aliphatic heterocycles. The summed E-state index contributed by atoms with van der Waals surface area (Å²) in [4.78, 5) is -0.370. The molecule has 18 heavy (non-hydrogen) atoms. The van der Waals surface area contributed by atoms with Crippen molar-refractivity contribution in [1.29, 1.82) is 0 Å². The van der Waals surface area contributed by atoms with Gasteiger partial charge in [0.2, 0.25) is 9.84 Å². The molecule has 3 nitrogen and oxygen atoms in total. The molecule has 0 unspecified atom stereocenters. The van der Waals surface area contributed by atoms with Gasteiger partial charge in [0.15, 0.2) is 0 Å². The Kier molecular flexibility index (Phi) is 4.84. The molecule has 1 N–H and O–H groups in total. The second-order valence-electron chi connectivity index (χ2n) is 3.99. The second-order valence-corrected chi connectivity index (χ2v) is 5.91. The third kappa shape index (κ3) is 3.80. The van der Waals surface area contributed by atoms with E-state index >= 15 is 0 Å². The van der Waals surface area contributed by atoms with Crippen LogP contribution in [0.5, 0.6) is 0 Å². The van der Waals surface area contributed by atoms with E-state index in [9.17, 15) is 17.2 Å². The van der Waals surface area contributed by atoms with Crippen molar-refractivity contribution >= 4 is 15.5 Å². The topological polar surface area (TPSA) is 46.2 Å². The van der Waals surface area contributed by atoms with Crippen molar-refractivity contribution in [2.24, 2.45) is 0 Å². The maximum atomic E-state index is 12.3. The predicted octanol–water partition coefficient (Wildman–Crippen LogP) is 3.06. The lowest BCUT2D eigenvalue weighted by atomic mass is 10.3. The maximum absolute atomic E-state index is 12.3. The molecule has 0 aliphatic carbocycles. The fourth-order valence-corrected chi connectivity index (χ4v) is 1.96. The molecule has 0 atom stereocenters. The molecular weight excluding hydrogens is 260 g/mol. The molecule has 1 rings (SSSR count). The SMILES string of the molecule is CC(C)=CCNc1ccc(S(=O)(=O)C(F)F)cc1. The Morgan fingerprint density at radius 1 is 1.28 bits per heavy atom. The summed E-state index contributed by atoms with van der Waals surface area (Å²) in [7, 11) is -4.50. The quantitative estimate of drug-likeness (QED) is 0.840. The minimum atomic E-state index is -4.50. The van der Waals surface area contributed by atoms with E-state index in [4.69, 9.17) is 0 Å². The van der Waals surface area contributed by atoms with Gasteiger partial charge in [-0.1, -0.05) is 11.6 Å². The van der Waals surface area contributed by atoms with Gasteiger partial charge in [-0.15, -0.1) is 0 Å². The molecule has 6 heteroatoms. The zero-order valence-electron chi connectivity index (χ0n) is 10.2. The fourth-order valence-electron chi connectivity index (χ4n) is 1.24. The molecule has 0 heterocycles. The van der Waals surface area contributed by atoms with E-state index in [1.165, 1.54) is 24.3 Å². The Morgan fingerprint density at radius 3 is 2.28 bits per heavy atom. The normalized spacial score (nSPS) is 11.4. The van der Waals surface area contributed by atoms with Crippen molar-refractivity contribution in [3.8, 4) is 0 Å². The zero-order valence-corrected chi connectivity index (χ0v) is 11.0. The van der Waals surface area contributed by atoms with Crippen LogP contribution < -0.4 is 5.32 Å². The number of halogens is 2. The number of hydrogen-bond acceptors (Lipinski definition) is 3. The highest BCUT2D eigenvalue weighted by molar-refractivity contribution is 7.91. The van der Waals surface area contributed by atoms with Gasteiger partial charge >= 0.3 is 5.76 Å². The van der Waals surface area contributed by atoms with Crippen LogP contribution in [0.4, 0.5) is 14.5 Å². The van der Waals surface area contributed by atoms with E-state index in [2.05, 4.69) is 5.32 Å². The summed E-state index contributed by atoms with van der Waals surface area (Å²) in [6.45, 7) is 4.52. The third-order valence-corrected chi connectivity index (χ3v) is 3.63. The minimum Gasteiger partial charge on any atom is -0.382 e. The summed E-state index contributed by atoms with van der Waals surface area (Å²) in [6, 6.07) is 5.28. The van der Waals surface area contributed by atoms with Crippen LogP contribution in [0.25, 0.3) is 0 Å². The van der Waals surface area contributed by atoms with Gasteiger partial charge in [0.25, 0.3) is 0 Å². The van der Waals surface area contributed by atoms with Gasteiger partial charge in [-0.25, -0.2) is 8.42 Å². The lowest BCUT2D eigenvalue weighted by molar-refractivity contribution is 0.234. The summed E-state index contributed by atoms with van der Waals surface area (Å²) in [5.74, 6) is -3.39. The van der Waals surface area contributed by atoms with Crippen molar-refractivity contribution in [3.05, 3.63) is 35.9 Å². The molecule has 0 bridgehead atoms. The van der Waals surface area contributed by atoms with E-state index in [0.717, 1.165) is 5.57 Å². The maximum Gasteiger partial charge on any atom is 0.341 e. The number of hydrogen-bond donors (Lipinski definition) is 1. The Balaban J connectivity index is 2.78. The highest BCUT2D eigenvalue weighted by atomic mass is 32.2. The summed E-state index contributed by atoms with van der Waals surface area (Å²) in [6.07, 6.45) is 1.96. The van der Waals surface area contributed by atoms with Crippen molar-refractivity contribution in [2.75, 3.05) is 11.9 Å². The van der Waals surface area contributed by atoms with Gasteiger partial charge in [0.05, 0.1) is 4.90 Å². The predicted molar refractivity (Wildman–Crippen MR) is 67.6 cm³/mol. The van der Waals surface area contributed by atoms with Crippen LogP contribution in [0.15, 0.2) is 40.8 Å². The molecule has 0 saturated carbocycles. The Morgan fingerprint density at radius 2 is 1.83 bits per heavy atom. The molecule has 0 aliphatic rings. The first-order valence-electron chi connectivity index (χ1n) is 5.33. The van der Waals surface area contributed by atoms with Crippen LogP contribution >= 0.6 is 0 Å². The van der Waals surface area contributed by atoms with Crippen molar-refractivity contribution in [3.63, 3.8) is 0 Å². The number of benzene rings is 1. The minimum absolute atomic E-state index is 0.370. The fraction of sp³-hybridized carbons (Fsp3) is 0.333. The van der Waals surface area contributed by atoms with Crippen LogP contribution in [-0.2, 0) is 9.84 Å². The standard InChI is InChI=1S/C12H15F2NO2S/c1-9(2)7-8-15-10-3-5-11(6-4-10)18(16,17)12(13)14/h3-7,12,15H,8H2,1-2H3. The second kappa shape index (κ2) is 5.95. The average molecular weight is 275 g/mol. The first kappa shape index (κ1) is 14.6. The molecule has 1 aromatic carbocycles. The van der Waals surface area contributed by atoms with Crippen LogP contribution in [0.1, 0.15) is 13.8 Å². The largest absolute Gasteiger partial charge is 0.382 e. The van der Waals surface area contributed by atoms with E-state index in [-0.39, 0.29) is 4.90 Å². The van der Waals surface area contributed by atoms with E-state index in [0.29, 0.717) is 12.2 Å². The number of anilines is 1. The summed E-state index contributed by atoms with van der Waals surface area (Å²) in [5.41, 5.74) is 1.83. The molecule has 100 valence electrons. The van der Waals surface area contributed by atoms with Crippen molar-refractivity contribution < 1.29 is 17.2 Å². The van der Waals surface area contributed by atoms with Gasteiger partial charge < -0.3 is 5.32 Å². The highest BCUT2D eigenvalue weighted by Crippen LogP contribution is 2.20. The van der Waals surface area contributed by atoms with Gasteiger partial charge in [0, 0.05) is 12.2 Å². The first-order valence-corrected chi connectivity index (χ1v) is 6.88. The van der Waals surface area contributed by atoms with Crippen LogP contribution in [0.3, 0.4) is 0 Å². The van der Waals surface area contributed by atoms with Crippen LogP contribution in [0.2, 0.25) is 0 Å². The smallest absolute Gasteiger partial charge is 0.341 e. The van der Waals surface area contributed by atoms with Gasteiger partial charge in [0.1, 0.15) is 0 Å². The van der Waals surface area contributed by atoms with Crippen LogP contribution in [0, 0.1) is 0 Å². The molecule has 0 radical (unpaired) electrons. The number of allylic oxidation sites excluding steroid dienone is 1. The Bertz CT molecular complexity index is 518. The molecule has 0 aromatic heterocycles. The third-order valence-electron chi connectivity index (χ3n) is 2.23. The summed E-state index contributed by atoms with van der Waals surface area (Å²) in [5, 5.41) is 3.03. The van der Waals surface area contributed by atoms with Crippen molar-refractivity contribution in [1.82, 2.24) is 0 Å². The van der Waals surface area contributed by atoms with Crippen molar-refractivity contribution in [2.45, 2.75) is 24.5 Å². The molecular formula is C12H15F2NO2S. The van der Waals surface area contributed by atoms with Crippen LogP contribution in [-0.4, -0.2) is 20.7 Å². The number of rotatable bonds is 5. The molecule has 1 aromatic rings. The number of nitrogens with one attached hydrogen (secondary N) is 1. The zero-order chi connectivity index (χ0) is 13.8. The van der Waals surface area contributed by atoms with Gasteiger partial charge in [-0.2, -0.15) is 8.78 Å². The Hall–Kier alpha value is -1.43. The number of sulfone groups is 1. The monoisotopic (exact) mass is 275 g/mol. The lowest BCUT2D eigenvalue weighted by Gasteiger charge is -2.06. The molecule has 0 saturated heterocycles. The lowest BCUT2D eigenvalue weighted by Crippen LogP contribution is -2.11. The number of alkyl halides is 2.